The van der Waals surface area contributed by atoms with Gasteiger partial charge in [0.2, 0.25) is 5.91 Å². The normalized spacial score (nSPS) is 15.8. The Morgan fingerprint density at radius 2 is 1.42 bits per heavy atom. The average molecular weight is 278 g/mol. The Kier molecular flexibility index (Phi) is 2.95. The number of nitrogens with one attached hydrogen (secondary N) is 2. The lowest BCUT2D eigenvalue weighted by Gasteiger charge is -2.22. The summed E-state index contributed by atoms with van der Waals surface area (Å²) in [4.78, 5) is 11.3. The first-order valence-corrected chi connectivity index (χ1v) is 5.05. The lowest BCUT2D eigenvalue weighted by atomic mass is 10.2. The number of carbonyl (C=O) groups excluding carboxylic acids is 1. The zero-order valence-corrected chi connectivity index (χ0v) is 9.18. The molecule has 1 aliphatic rings. The van der Waals surface area contributed by atoms with Crippen molar-refractivity contribution < 1.29 is 26.7 Å². The molecule has 0 radical (unpaired) electrons. The van der Waals surface area contributed by atoms with E-state index < -0.39 is 23.7 Å². The second-order valence-electron chi connectivity index (χ2n) is 3.79. The molecule has 0 unspecified atom stereocenters. The first kappa shape index (κ1) is 13.3. The number of fused-ring (bicyclic) bond motifs is 1. The van der Waals surface area contributed by atoms with Gasteiger partial charge in [0.25, 0.3) is 0 Å². The van der Waals surface area contributed by atoms with Gasteiger partial charge in [0, 0.05) is 6.08 Å². The summed E-state index contributed by atoms with van der Waals surface area (Å²) < 4.78 is 63.3. The van der Waals surface area contributed by atoms with E-state index in [4.69, 9.17) is 0 Å². The SMILES string of the molecule is O=C1C=C(C(F)(F)C(F)(F)F)Nc2ccccc2N1. The minimum Gasteiger partial charge on any atom is -0.352 e. The van der Waals surface area contributed by atoms with E-state index in [0.29, 0.717) is 0 Å². The summed E-state index contributed by atoms with van der Waals surface area (Å²) in [6.07, 6.45) is -5.58. The predicted molar refractivity (Wildman–Crippen MR) is 57.8 cm³/mol. The number of benzene rings is 1. The van der Waals surface area contributed by atoms with Gasteiger partial charge < -0.3 is 10.6 Å². The van der Waals surface area contributed by atoms with Gasteiger partial charge in [-0.1, -0.05) is 12.1 Å². The quantitative estimate of drug-likeness (QED) is 0.775. The number of halogens is 5. The van der Waals surface area contributed by atoms with Crippen LogP contribution in [0, 0.1) is 0 Å². The molecule has 0 fully saturated rings. The van der Waals surface area contributed by atoms with Crippen molar-refractivity contribution in [2.24, 2.45) is 0 Å². The van der Waals surface area contributed by atoms with E-state index in [2.05, 4.69) is 5.32 Å². The molecule has 1 aliphatic heterocycles. The molecule has 2 N–H and O–H groups in total. The van der Waals surface area contributed by atoms with Gasteiger partial charge in [0.05, 0.1) is 11.4 Å². The standard InChI is InChI=1S/C11H7F5N2O/c12-10(13,11(14,15)16)8-5-9(19)18-7-4-2-1-3-6(7)17-8/h1-5,17H,(H,18,19). The fourth-order valence-corrected chi connectivity index (χ4v) is 1.50. The first-order chi connectivity index (χ1) is 8.72. The summed E-state index contributed by atoms with van der Waals surface area (Å²) in [5, 5.41) is 4.14. The molecule has 19 heavy (non-hydrogen) atoms. The maximum atomic E-state index is 13.2. The fourth-order valence-electron chi connectivity index (χ4n) is 1.50. The third-order valence-corrected chi connectivity index (χ3v) is 2.42. The molecule has 0 aromatic heterocycles. The highest BCUT2D eigenvalue weighted by Crippen LogP contribution is 2.42. The highest BCUT2D eigenvalue weighted by Gasteiger charge is 2.60. The van der Waals surface area contributed by atoms with Crippen molar-refractivity contribution in [3.63, 3.8) is 0 Å². The number of amides is 1. The van der Waals surface area contributed by atoms with Crippen LogP contribution < -0.4 is 10.6 Å². The Morgan fingerprint density at radius 3 is 1.95 bits per heavy atom. The Morgan fingerprint density at radius 1 is 0.895 bits per heavy atom. The number of para-hydroxylation sites is 2. The van der Waals surface area contributed by atoms with Crippen molar-refractivity contribution in [1.29, 1.82) is 0 Å². The van der Waals surface area contributed by atoms with Crippen LogP contribution in [0.15, 0.2) is 36.0 Å². The highest BCUT2D eigenvalue weighted by molar-refractivity contribution is 6.04. The summed E-state index contributed by atoms with van der Waals surface area (Å²) in [5.74, 6) is -6.20. The summed E-state index contributed by atoms with van der Waals surface area (Å²) in [7, 11) is 0. The van der Waals surface area contributed by atoms with Gasteiger partial charge in [-0.25, -0.2) is 0 Å². The fraction of sp³-hybridized carbons (Fsp3) is 0.182. The van der Waals surface area contributed by atoms with Gasteiger partial charge in [-0.15, -0.1) is 0 Å². The van der Waals surface area contributed by atoms with Gasteiger partial charge >= 0.3 is 12.1 Å². The summed E-state index contributed by atoms with van der Waals surface area (Å²) in [5.41, 5.74) is -1.43. The predicted octanol–water partition coefficient (Wildman–Crippen LogP) is 3.13. The molecule has 0 atom stereocenters. The van der Waals surface area contributed by atoms with E-state index in [9.17, 15) is 26.7 Å². The number of allylic oxidation sites excluding steroid dienone is 1. The van der Waals surface area contributed by atoms with Crippen molar-refractivity contribution >= 4 is 17.3 Å². The molecular formula is C11H7F5N2O. The molecule has 0 aliphatic carbocycles. The monoisotopic (exact) mass is 278 g/mol. The third-order valence-electron chi connectivity index (χ3n) is 2.42. The molecule has 3 nitrogen and oxygen atoms in total. The second-order valence-corrected chi connectivity index (χ2v) is 3.79. The molecule has 1 aromatic carbocycles. The number of hydrogen-bond acceptors (Lipinski definition) is 2. The third kappa shape index (κ3) is 2.38. The van der Waals surface area contributed by atoms with Gasteiger partial charge in [-0.3, -0.25) is 4.79 Å². The minimum atomic E-state index is -5.79. The van der Waals surface area contributed by atoms with E-state index in [1.807, 2.05) is 5.32 Å². The lowest BCUT2D eigenvalue weighted by Crippen LogP contribution is -2.41. The van der Waals surface area contributed by atoms with Crippen LogP contribution in [0.1, 0.15) is 0 Å². The molecule has 8 heteroatoms. The van der Waals surface area contributed by atoms with Crippen molar-refractivity contribution in [3.05, 3.63) is 36.0 Å². The smallest absolute Gasteiger partial charge is 0.352 e. The second kappa shape index (κ2) is 4.22. The van der Waals surface area contributed by atoms with Crippen LogP contribution in [-0.4, -0.2) is 18.0 Å². The van der Waals surface area contributed by atoms with Crippen LogP contribution >= 0.6 is 0 Å². The summed E-state index contributed by atoms with van der Waals surface area (Å²) >= 11 is 0. The average Bonchev–Trinajstić information content (AvgIpc) is 2.45. The lowest BCUT2D eigenvalue weighted by molar-refractivity contribution is -0.263. The van der Waals surface area contributed by atoms with Crippen LogP contribution in [0.3, 0.4) is 0 Å². The van der Waals surface area contributed by atoms with Crippen LogP contribution in [0.25, 0.3) is 0 Å². The Balaban J connectivity index is 2.46. The number of anilines is 2. The van der Waals surface area contributed by atoms with Crippen LogP contribution in [0.5, 0.6) is 0 Å². The number of hydrogen-bond donors (Lipinski definition) is 2. The molecule has 1 aromatic rings. The largest absolute Gasteiger partial charge is 0.459 e. The zero-order chi connectivity index (χ0) is 14.3. The molecule has 102 valence electrons. The van der Waals surface area contributed by atoms with Crippen molar-refractivity contribution in [1.82, 2.24) is 0 Å². The van der Waals surface area contributed by atoms with Gasteiger partial charge in [0.1, 0.15) is 5.70 Å². The molecule has 1 amide bonds. The maximum absolute atomic E-state index is 13.2. The summed E-state index contributed by atoms with van der Waals surface area (Å²) in [6.45, 7) is 0. The molecule has 0 spiro atoms. The topological polar surface area (TPSA) is 41.1 Å². The molecule has 0 saturated heterocycles. The molecule has 1 heterocycles. The van der Waals surface area contributed by atoms with Gasteiger partial charge in [-0.05, 0) is 12.1 Å². The van der Waals surface area contributed by atoms with Crippen molar-refractivity contribution in [3.8, 4) is 0 Å². The van der Waals surface area contributed by atoms with Crippen molar-refractivity contribution in [2.75, 3.05) is 10.6 Å². The van der Waals surface area contributed by atoms with Crippen LogP contribution in [0.2, 0.25) is 0 Å². The maximum Gasteiger partial charge on any atom is 0.459 e. The number of alkyl halides is 5. The molecule has 0 saturated carbocycles. The van der Waals surface area contributed by atoms with E-state index >= 15 is 0 Å². The van der Waals surface area contributed by atoms with E-state index in [0.717, 1.165) is 0 Å². The van der Waals surface area contributed by atoms with Gasteiger partial charge in [-0.2, -0.15) is 22.0 Å². The van der Waals surface area contributed by atoms with E-state index in [1.165, 1.54) is 24.3 Å². The van der Waals surface area contributed by atoms with Gasteiger partial charge in [0.15, 0.2) is 0 Å². The Hall–Kier alpha value is -2.12. The zero-order valence-electron chi connectivity index (χ0n) is 9.18. The molecular weight excluding hydrogens is 271 g/mol. The molecule has 0 bridgehead atoms. The number of carbonyl (C=O) groups is 1. The summed E-state index contributed by atoms with van der Waals surface area (Å²) in [6, 6.07) is 5.60. The Labute approximate surface area is 104 Å². The van der Waals surface area contributed by atoms with E-state index in [-0.39, 0.29) is 17.5 Å². The van der Waals surface area contributed by atoms with E-state index in [1.54, 1.807) is 0 Å². The van der Waals surface area contributed by atoms with Crippen LogP contribution in [-0.2, 0) is 4.79 Å². The highest BCUT2D eigenvalue weighted by atomic mass is 19.4. The van der Waals surface area contributed by atoms with Crippen molar-refractivity contribution in [2.45, 2.75) is 12.1 Å². The van der Waals surface area contributed by atoms with Crippen LogP contribution in [0.4, 0.5) is 33.3 Å². The first-order valence-electron chi connectivity index (χ1n) is 5.05. The Bertz CT molecular complexity index is 550. The number of rotatable bonds is 1. The minimum absolute atomic E-state index is 0.0384. The molecule has 2 rings (SSSR count).